The number of hydrogen-bond acceptors (Lipinski definition) is 5. The highest BCUT2D eigenvalue weighted by atomic mass is 32.2. The van der Waals surface area contributed by atoms with Crippen LogP contribution in [0.3, 0.4) is 0 Å². The van der Waals surface area contributed by atoms with Gasteiger partial charge in [-0.3, -0.25) is 0 Å². The highest BCUT2D eigenvalue weighted by Crippen LogP contribution is 2.12. The summed E-state index contributed by atoms with van der Waals surface area (Å²) in [5.74, 6) is 0. The van der Waals surface area contributed by atoms with E-state index < -0.39 is 6.10 Å². The van der Waals surface area contributed by atoms with Crippen LogP contribution in [0, 0.1) is 0 Å². The average Bonchev–Trinajstić information content (AvgIpc) is 2.87. The van der Waals surface area contributed by atoms with Crippen molar-refractivity contribution in [3.63, 3.8) is 0 Å². The molecule has 0 aromatic rings. The molecule has 0 aromatic carbocycles. The Bertz CT molecular complexity index is 201. The van der Waals surface area contributed by atoms with Crippen LogP contribution in [0.25, 0.3) is 0 Å². The Morgan fingerprint density at radius 1 is 1.56 bits per heavy atom. The monoisotopic (exact) mass is 277 g/mol. The van der Waals surface area contributed by atoms with E-state index in [9.17, 15) is 5.11 Å². The molecule has 1 fully saturated rings. The lowest BCUT2D eigenvalue weighted by Crippen LogP contribution is -2.32. The maximum absolute atomic E-state index is 9.71. The van der Waals surface area contributed by atoms with E-state index in [0.717, 1.165) is 32.4 Å². The Hall–Kier alpha value is 0.190. The largest absolute Gasteiger partial charge is 0.389 e. The van der Waals surface area contributed by atoms with E-state index in [1.807, 2.05) is 11.8 Å². The SMILES string of the molecule is CSC(C)CCNCC(O)COCC1CCCO1. The summed E-state index contributed by atoms with van der Waals surface area (Å²) >= 11 is 1.87. The highest BCUT2D eigenvalue weighted by molar-refractivity contribution is 7.99. The van der Waals surface area contributed by atoms with E-state index in [0.29, 0.717) is 25.0 Å². The van der Waals surface area contributed by atoms with Gasteiger partial charge in [0.1, 0.15) is 0 Å². The second kappa shape index (κ2) is 10.0. The van der Waals surface area contributed by atoms with Crippen molar-refractivity contribution in [1.29, 1.82) is 0 Å². The van der Waals surface area contributed by atoms with Crippen LogP contribution in [0.1, 0.15) is 26.2 Å². The summed E-state index contributed by atoms with van der Waals surface area (Å²) in [6.45, 7) is 5.63. The molecule has 0 saturated carbocycles. The van der Waals surface area contributed by atoms with Crippen LogP contribution in [0.2, 0.25) is 0 Å². The first kappa shape index (κ1) is 16.2. The fourth-order valence-corrected chi connectivity index (χ4v) is 2.22. The van der Waals surface area contributed by atoms with Gasteiger partial charge in [-0.2, -0.15) is 11.8 Å². The number of hydrogen-bond donors (Lipinski definition) is 2. The Morgan fingerprint density at radius 2 is 2.39 bits per heavy atom. The van der Waals surface area contributed by atoms with Crippen molar-refractivity contribution in [3.8, 4) is 0 Å². The first-order chi connectivity index (χ1) is 8.72. The van der Waals surface area contributed by atoms with Crippen molar-refractivity contribution in [2.45, 2.75) is 43.6 Å². The molecule has 108 valence electrons. The molecular formula is C13H27NO3S. The molecule has 0 aliphatic carbocycles. The van der Waals surface area contributed by atoms with Crippen LogP contribution in [-0.2, 0) is 9.47 Å². The number of rotatable bonds is 10. The minimum Gasteiger partial charge on any atom is -0.389 e. The fourth-order valence-electron chi connectivity index (χ4n) is 1.86. The lowest BCUT2D eigenvalue weighted by molar-refractivity contribution is -0.0163. The van der Waals surface area contributed by atoms with E-state index in [2.05, 4.69) is 18.5 Å². The second-order valence-electron chi connectivity index (χ2n) is 4.87. The average molecular weight is 277 g/mol. The summed E-state index contributed by atoms with van der Waals surface area (Å²) in [6, 6.07) is 0. The van der Waals surface area contributed by atoms with Crippen LogP contribution >= 0.6 is 11.8 Å². The Balaban J connectivity index is 1.88. The first-order valence-corrected chi connectivity index (χ1v) is 8.12. The molecule has 5 heteroatoms. The Morgan fingerprint density at radius 3 is 3.06 bits per heavy atom. The molecule has 1 aliphatic rings. The standard InChI is InChI=1S/C13H27NO3S/c1-11(18-2)5-6-14-8-12(15)9-16-10-13-4-3-7-17-13/h11-15H,3-10H2,1-2H3. The molecule has 1 aliphatic heterocycles. The molecular weight excluding hydrogens is 250 g/mol. The van der Waals surface area contributed by atoms with Gasteiger partial charge in [0, 0.05) is 18.4 Å². The summed E-state index contributed by atoms with van der Waals surface area (Å²) in [4.78, 5) is 0. The van der Waals surface area contributed by atoms with Crippen LogP contribution in [0.5, 0.6) is 0 Å². The quantitative estimate of drug-likeness (QED) is 0.589. The second-order valence-corrected chi connectivity index (χ2v) is 6.14. The zero-order valence-electron chi connectivity index (χ0n) is 11.6. The van der Waals surface area contributed by atoms with Gasteiger partial charge in [0.2, 0.25) is 0 Å². The zero-order valence-corrected chi connectivity index (χ0v) is 12.4. The van der Waals surface area contributed by atoms with Crippen molar-refractivity contribution < 1.29 is 14.6 Å². The lowest BCUT2D eigenvalue weighted by atomic mass is 10.2. The van der Waals surface area contributed by atoms with Crippen molar-refractivity contribution in [1.82, 2.24) is 5.32 Å². The zero-order chi connectivity index (χ0) is 13.2. The van der Waals surface area contributed by atoms with Crippen molar-refractivity contribution >= 4 is 11.8 Å². The molecule has 0 bridgehead atoms. The number of aliphatic hydroxyl groups is 1. The molecule has 2 N–H and O–H groups in total. The molecule has 3 unspecified atom stereocenters. The molecule has 0 radical (unpaired) electrons. The predicted octanol–water partition coefficient (Wildman–Crippen LogP) is 1.27. The number of aliphatic hydroxyl groups excluding tert-OH is 1. The summed E-state index contributed by atoms with van der Waals surface area (Å²) in [6.07, 6.45) is 5.29. The van der Waals surface area contributed by atoms with E-state index in [4.69, 9.17) is 9.47 Å². The molecule has 1 rings (SSSR count). The molecule has 1 heterocycles. The fraction of sp³-hybridized carbons (Fsp3) is 1.00. The van der Waals surface area contributed by atoms with Gasteiger partial charge in [0.15, 0.2) is 0 Å². The van der Waals surface area contributed by atoms with Crippen molar-refractivity contribution in [3.05, 3.63) is 0 Å². The predicted molar refractivity (Wildman–Crippen MR) is 76.3 cm³/mol. The highest BCUT2D eigenvalue weighted by Gasteiger charge is 2.15. The molecule has 18 heavy (non-hydrogen) atoms. The third kappa shape index (κ3) is 7.59. The van der Waals surface area contributed by atoms with E-state index >= 15 is 0 Å². The van der Waals surface area contributed by atoms with E-state index in [1.165, 1.54) is 0 Å². The summed E-state index contributed by atoms with van der Waals surface area (Å²) in [5, 5.41) is 13.6. The van der Waals surface area contributed by atoms with Crippen LogP contribution in [0.4, 0.5) is 0 Å². The van der Waals surface area contributed by atoms with Gasteiger partial charge in [-0.15, -0.1) is 0 Å². The maximum atomic E-state index is 9.71. The van der Waals surface area contributed by atoms with Gasteiger partial charge in [0.25, 0.3) is 0 Å². The first-order valence-electron chi connectivity index (χ1n) is 6.83. The molecule has 1 saturated heterocycles. The number of ether oxygens (including phenoxy) is 2. The van der Waals surface area contributed by atoms with Gasteiger partial charge in [-0.25, -0.2) is 0 Å². The van der Waals surface area contributed by atoms with Crippen molar-refractivity contribution in [2.75, 3.05) is 39.2 Å². The normalized spacial score (nSPS) is 23.2. The third-order valence-corrected chi connectivity index (χ3v) is 4.19. The summed E-state index contributed by atoms with van der Waals surface area (Å²) in [7, 11) is 0. The summed E-state index contributed by atoms with van der Waals surface area (Å²) in [5.41, 5.74) is 0. The number of nitrogens with one attached hydrogen (secondary N) is 1. The number of thioether (sulfide) groups is 1. The molecule has 4 nitrogen and oxygen atoms in total. The van der Waals surface area contributed by atoms with Crippen molar-refractivity contribution in [2.24, 2.45) is 0 Å². The molecule has 0 amide bonds. The Kier molecular flexibility index (Phi) is 9.06. The van der Waals surface area contributed by atoms with Gasteiger partial charge in [0.05, 0.1) is 25.4 Å². The van der Waals surface area contributed by atoms with E-state index in [1.54, 1.807) is 0 Å². The molecule has 0 aromatic heterocycles. The Labute approximate surface area is 115 Å². The third-order valence-electron chi connectivity index (χ3n) is 3.15. The lowest BCUT2D eigenvalue weighted by Gasteiger charge is -2.15. The molecule has 0 spiro atoms. The smallest absolute Gasteiger partial charge is 0.0897 e. The van der Waals surface area contributed by atoms with E-state index in [-0.39, 0.29) is 6.10 Å². The minimum atomic E-state index is -0.420. The molecule has 3 atom stereocenters. The van der Waals surface area contributed by atoms with Crippen LogP contribution in [-0.4, -0.2) is 61.7 Å². The van der Waals surface area contributed by atoms with Gasteiger partial charge in [-0.1, -0.05) is 6.92 Å². The van der Waals surface area contributed by atoms with Crippen LogP contribution < -0.4 is 5.32 Å². The summed E-state index contributed by atoms with van der Waals surface area (Å²) < 4.78 is 10.9. The van der Waals surface area contributed by atoms with Gasteiger partial charge >= 0.3 is 0 Å². The van der Waals surface area contributed by atoms with Crippen LogP contribution in [0.15, 0.2) is 0 Å². The van der Waals surface area contributed by atoms with Gasteiger partial charge < -0.3 is 19.9 Å². The maximum Gasteiger partial charge on any atom is 0.0897 e. The van der Waals surface area contributed by atoms with Gasteiger partial charge in [-0.05, 0) is 32.1 Å². The topological polar surface area (TPSA) is 50.7 Å². The minimum absolute atomic E-state index is 0.243.